The van der Waals surface area contributed by atoms with Gasteiger partial charge in [-0.3, -0.25) is 4.79 Å². The number of carbonyl (C=O) groups excluding carboxylic acids is 1. The summed E-state index contributed by atoms with van der Waals surface area (Å²) in [5, 5.41) is 0. The van der Waals surface area contributed by atoms with Crippen LogP contribution in [0.2, 0.25) is 0 Å². The number of carbonyl (C=O) groups is 1. The Morgan fingerprint density at radius 3 is 2.08 bits per heavy atom. The second-order valence-electron chi connectivity index (χ2n) is 8.89. The van der Waals surface area contributed by atoms with Gasteiger partial charge in [-0.15, -0.1) is 0 Å². The highest BCUT2D eigenvalue weighted by molar-refractivity contribution is 5.93. The van der Waals surface area contributed by atoms with Crippen molar-refractivity contribution >= 4 is 11.6 Å². The van der Waals surface area contributed by atoms with Gasteiger partial charge >= 0.3 is 0 Å². The molecule has 0 saturated heterocycles. The molecular weight excluding hydrogens is 294 g/mol. The number of nitrogens with zero attached hydrogens (tertiary/aromatic N) is 1. The van der Waals surface area contributed by atoms with Crippen molar-refractivity contribution < 1.29 is 4.79 Å². The number of benzene rings is 1. The van der Waals surface area contributed by atoms with Crippen LogP contribution in [-0.2, 0) is 4.79 Å². The van der Waals surface area contributed by atoms with Gasteiger partial charge < -0.3 is 4.90 Å². The Balaban J connectivity index is 1.41. The number of rotatable bonds is 5. The molecule has 4 bridgehead atoms. The summed E-state index contributed by atoms with van der Waals surface area (Å²) < 4.78 is 0. The quantitative estimate of drug-likeness (QED) is 0.715. The Labute approximate surface area is 146 Å². The zero-order valence-corrected chi connectivity index (χ0v) is 15.3. The largest absolute Gasteiger partial charge is 0.313 e. The highest BCUT2D eigenvalue weighted by Crippen LogP contribution is 2.61. The zero-order valence-electron chi connectivity index (χ0n) is 15.3. The molecule has 5 rings (SSSR count). The average molecular weight is 325 g/mol. The molecule has 4 aliphatic carbocycles. The number of hydrogen-bond acceptors (Lipinski definition) is 1. The third-order valence-electron chi connectivity index (χ3n) is 7.00. The molecular formula is C22H31NO. The molecule has 0 N–H and O–H groups in total. The van der Waals surface area contributed by atoms with Crippen molar-refractivity contribution in [1.82, 2.24) is 0 Å². The SMILES string of the molecule is CCN(C(=O)CCC12CC3CC(CC(C3)C1)C2)c1ccc(C)cc1. The van der Waals surface area contributed by atoms with E-state index in [9.17, 15) is 4.79 Å². The molecule has 0 heterocycles. The predicted molar refractivity (Wildman–Crippen MR) is 99.0 cm³/mol. The van der Waals surface area contributed by atoms with E-state index >= 15 is 0 Å². The van der Waals surface area contributed by atoms with Gasteiger partial charge in [0.2, 0.25) is 5.91 Å². The fourth-order valence-electron chi connectivity index (χ4n) is 6.33. The van der Waals surface area contributed by atoms with Gasteiger partial charge in [-0.25, -0.2) is 0 Å². The van der Waals surface area contributed by atoms with Crippen LogP contribution in [0, 0.1) is 30.1 Å². The zero-order chi connectivity index (χ0) is 16.7. The van der Waals surface area contributed by atoms with E-state index in [2.05, 4.69) is 38.1 Å². The lowest BCUT2D eigenvalue weighted by atomic mass is 9.48. The number of aryl methyl sites for hydroxylation is 1. The molecule has 4 fully saturated rings. The molecule has 2 heteroatoms. The standard InChI is InChI=1S/C22H31NO/c1-3-23(20-6-4-16(2)5-7-20)21(24)8-9-22-13-17-10-18(14-22)12-19(11-17)15-22/h4-7,17-19H,3,8-15H2,1-2H3. The van der Waals surface area contributed by atoms with Crippen LogP contribution in [0.4, 0.5) is 5.69 Å². The lowest BCUT2D eigenvalue weighted by Gasteiger charge is -2.57. The summed E-state index contributed by atoms with van der Waals surface area (Å²) in [5.74, 6) is 3.25. The molecule has 1 aromatic rings. The third-order valence-corrected chi connectivity index (χ3v) is 7.00. The van der Waals surface area contributed by atoms with Crippen LogP contribution in [0.1, 0.15) is 63.9 Å². The Morgan fingerprint density at radius 2 is 1.58 bits per heavy atom. The van der Waals surface area contributed by atoms with Crippen LogP contribution in [0.3, 0.4) is 0 Å². The molecule has 4 saturated carbocycles. The Morgan fingerprint density at radius 1 is 1.04 bits per heavy atom. The summed E-state index contributed by atoms with van der Waals surface area (Å²) in [7, 11) is 0. The van der Waals surface area contributed by atoms with E-state index in [-0.39, 0.29) is 0 Å². The van der Waals surface area contributed by atoms with E-state index in [0.717, 1.165) is 42.8 Å². The van der Waals surface area contributed by atoms with E-state index in [4.69, 9.17) is 0 Å². The predicted octanol–water partition coefficient (Wildman–Crippen LogP) is 5.34. The van der Waals surface area contributed by atoms with E-state index in [1.165, 1.54) is 44.1 Å². The number of anilines is 1. The van der Waals surface area contributed by atoms with E-state index in [0.29, 0.717) is 11.3 Å². The molecule has 0 radical (unpaired) electrons. The molecule has 0 atom stereocenters. The minimum absolute atomic E-state index is 0.317. The number of hydrogen-bond donors (Lipinski definition) is 0. The molecule has 0 aromatic heterocycles. The molecule has 1 amide bonds. The van der Waals surface area contributed by atoms with Gasteiger partial charge in [-0.05, 0) is 94.1 Å². The second kappa shape index (κ2) is 6.20. The molecule has 2 nitrogen and oxygen atoms in total. The van der Waals surface area contributed by atoms with Crippen LogP contribution in [0.25, 0.3) is 0 Å². The van der Waals surface area contributed by atoms with Gasteiger partial charge in [0.25, 0.3) is 0 Å². The first kappa shape index (κ1) is 16.2. The molecule has 0 aliphatic heterocycles. The average Bonchev–Trinajstić information content (AvgIpc) is 2.54. The molecule has 130 valence electrons. The van der Waals surface area contributed by atoms with Crippen molar-refractivity contribution in [2.24, 2.45) is 23.2 Å². The maximum Gasteiger partial charge on any atom is 0.226 e. The Hall–Kier alpha value is -1.31. The maximum atomic E-state index is 12.9. The summed E-state index contributed by atoms with van der Waals surface area (Å²) in [6.07, 6.45) is 10.5. The molecule has 0 unspecified atom stereocenters. The minimum Gasteiger partial charge on any atom is -0.313 e. The van der Waals surface area contributed by atoms with Gasteiger partial charge in [0.05, 0.1) is 0 Å². The van der Waals surface area contributed by atoms with E-state index in [1.807, 2.05) is 4.90 Å². The second-order valence-corrected chi connectivity index (χ2v) is 8.89. The number of amides is 1. The van der Waals surface area contributed by atoms with Gasteiger partial charge in [0.15, 0.2) is 0 Å². The smallest absolute Gasteiger partial charge is 0.226 e. The van der Waals surface area contributed by atoms with Crippen molar-refractivity contribution in [1.29, 1.82) is 0 Å². The maximum absolute atomic E-state index is 12.9. The summed E-state index contributed by atoms with van der Waals surface area (Å²) in [6, 6.07) is 8.37. The van der Waals surface area contributed by atoms with Crippen LogP contribution in [-0.4, -0.2) is 12.5 Å². The summed E-state index contributed by atoms with van der Waals surface area (Å²) >= 11 is 0. The van der Waals surface area contributed by atoms with Crippen LogP contribution in [0.15, 0.2) is 24.3 Å². The normalized spacial score (nSPS) is 33.7. The van der Waals surface area contributed by atoms with Crippen molar-refractivity contribution in [2.45, 2.75) is 65.2 Å². The van der Waals surface area contributed by atoms with Gasteiger partial charge in [-0.2, -0.15) is 0 Å². The fourth-order valence-corrected chi connectivity index (χ4v) is 6.33. The van der Waals surface area contributed by atoms with Gasteiger partial charge in [0, 0.05) is 18.7 Å². The highest BCUT2D eigenvalue weighted by atomic mass is 16.2. The lowest BCUT2D eigenvalue weighted by Crippen LogP contribution is -2.46. The third kappa shape index (κ3) is 3.00. The lowest BCUT2D eigenvalue weighted by molar-refractivity contribution is -0.121. The Kier molecular flexibility index (Phi) is 4.18. The van der Waals surface area contributed by atoms with Crippen LogP contribution < -0.4 is 4.90 Å². The van der Waals surface area contributed by atoms with E-state index < -0.39 is 0 Å². The van der Waals surface area contributed by atoms with Crippen molar-refractivity contribution in [3.63, 3.8) is 0 Å². The van der Waals surface area contributed by atoms with E-state index in [1.54, 1.807) is 0 Å². The van der Waals surface area contributed by atoms with Crippen LogP contribution in [0.5, 0.6) is 0 Å². The highest BCUT2D eigenvalue weighted by Gasteiger charge is 2.50. The van der Waals surface area contributed by atoms with Crippen molar-refractivity contribution in [3.05, 3.63) is 29.8 Å². The topological polar surface area (TPSA) is 20.3 Å². The van der Waals surface area contributed by atoms with Crippen LogP contribution >= 0.6 is 0 Å². The summed E-state index contributed by atoms with van der Waals surface area (Å²) in [6.45, 7) is 4.94. The summed E-state index contributed by atoms with van der Waals surface area (Å²) in [5.41, 5.74) is 2.81. The summed E-state index contributed by atoms with van der Waals surface area (Å²) in [4.78, 5) is 14.9. The Bertz CT molecular complexity index is 568. The molecule has 4 aliphatic rings. The van der Waals surface area contributed by atoms with Crippen molar-refractivity contribution in [3.8, 4) is 0 Å². The minimum atomic E-state index is 0.317. The fraction of sp³-hybridized carbons (Fsp3) is 0.682. The first-order chi connectivity index (χ1) is 11.6. The first-order valence-corrected chi connectivity index (χ1v) is 9.94. The monoisotopic (exact) mass is 325 g/mol. The van der Waals surface area contributed by atoms with Gasteiger partial charge in [0.1, 0.15) is 0 Å². The van der Waals surface area contributed by atoms with Crippen molar-refractivity contribution in [2.75, 3.05) is 11.4 Å². The molecule has 1 aromatic carbocycles. The van der Waals surface area contributed by atoms with Gasteiger partial charge in [-0.1, -0.05) is 17.7 Å². The molecule has 24 heavy (non-hydrogen) atoms. The molecule has 0 spiro atoms. The first-order valence-electron chi connectivity index (χ1n) is 9.94.